The van der Waals surface area contributed by atoms with Crippen molar-refractivity contribution in [3.8, 4) is 5.75 Å². The van der Waals surface area contributed by atoms with Gasteiger partial charge in [0.15, 0.2) is 0 Å². The predicted octanol–water partition coefficient (Wildman–Crippen LogP) is 4.62. The van der Waals surface area contributed by atoms with Crippen molar-refractivity contribution in [3.63, 3.8) is 0 Å². The number of carbonyl (C=O) groups is 1. The first-order valence-corrected chi connectivity index (χ1v) is 12.0. The second-order valence-corrected chi connectivity index (χ2v) is 9.16. The normalized spacial score (nSPS) is 11.1. The summed E-state index contributed by atoms with van der Waals surface area (Å²) in [7, 11) is -2.43. The zero-order valence-corrected chi connectivity index (χ0v) is 19.1. The molecule has 3 aromatic rings. The highest BCUT2D eigenvalue weighted by atomic mass is 32.2. The van der Waals surface area contributed by atoms with Crippen LogP contribution in [0.25, 0.3) is 0 Å². The highest BCUT2D eigenvalue weighted by molar-refractivity contribution is 7.92. The van der Waals surface area contributed by atoms with Gasteiger partial charge in [0.05, 0.1) is 29.8 Å². The lowest BCUT2D eigenvalue weighted by Crippen LogP contribution is -2.33. The van der Waals surface area contributed by atoms with Crippen LogP contribution in [0, 0.1) is 0 Å². The van der Waals surface area contributed by atoms with Gasteiger partial charge in [-0.1, -0.05) is 55.8 Å². The number of hydrogen-bond acceptors (Lipinski definition) is 4. The Morgan fingerprint density at radius 3 is 2.25 bits per heavy atom. The summed E-state index contributed by atoms with van der Waals surface area (Å²) in [6.07, 6.45) is 1.81. The molecule has 0 aliphatic heterocycles. The van der Waals surface area contributed by atoms with Crippen molar-refractivity contribution in [1.82, 2.24) is 5.32 Å². The first kappa shape index (κ1) is 23.3. The van der Waals surface area contributed by atoms with E-state index in [0.717, 1.165) is 18.4 Å². The molecule has 3 aromatic carbocycles. The van der Waals surface area contributed by atoms with Gasteiger partial charge in [-0.2, -0.15) is 0 Å². The first-order chi connectivity index (χ1) is 15.5. The summed E-state index contributed by atoms with van der Waals surface area (Å²) in [4.78, 5) is 13.0. The van der Waals surface area contributed by atoms with E-state index in [1.165, 1.54) is 23.5 Å². The molecule has 0 fully saturated rings. The topological polar surface area (TPSA) is 75.7 Å². The van der Waals surface area contributed by atoms with Crippen LogP contribution in [0.5, 0.6) is 5.75 Å². The number of nitrogens with one attached hydrogen (secondary N) is 1. The molecular weight excluding hydrogens is 424 g/mol. The highest BCUT2D eigenvalue weighted by Crippen LogP contribution is 2.30. The molecule has 0 saturated heterocycles. The molecule has 168 valence electrons. The maximum atomic E-state index is 13.7. The van der Waals surface area contributed by atoms with Gasteiger partial charge in [-0.05, 0) is 48.4 Å². The minimum atomic E-state index is -3.96. The number of nitrogens with zero attached hydrogens (tertiary/aromatic N) is 1. The minimum absolute atomic E-state index is 0.0917. The van der Waals surface area contributed by atoms with Gasteiger partial charge in [-0.25, -0.2) is 8.42 Å². The fourth-order valence-corrected chi connectivity index (χ4v) is 4.75. The van der Waals surface area contributed by atoms with Gasteiger partial charge in [-0.3, -0.25) is 9.10 Å². The van der Waals surface area contributed by atoms with E-state index in [4.69, 9.17) is 4.74 Å². The van der Waals surface area contributed by atoms with Gasteiger partial charge in [0.1, 0.15) is 5.75 Å². The summed E-state index contributed by atoms with van der Waals surface area (Å²) in [6, 6.07) is 22.3. The number of methoxy groups -OCH3 is 1. The third-order valence-corrected chi connectivity index (χ3v) is 6.82. The van der Waals surface area contributed by atoms with Crippen molar-refractivity contribution in [2.24, 2.45) is 0 Å². The first-order valence-electron chi connectivity index (χ1n) is 10.5. The van der Waals surface area contributed by atoms with Crippen molar-refractivity contribution in [3.05, 3.63) is 90.0 Å². The molecule has 0 aliphatic rings. The molecular formula is C25H28N2O4S. The lowest BCUT2D eigenvalue weighted by atomic mass is 10.1. The average Bonchev–Trinajstić information content (AvgIpc) is 2.83. The second kappa shape index (κ2) is 10.8. The fraction of sp³-hybridized carbons (Fsp3) is 0.240. The number of carbonyl (C=O) groups excluding carboxylic acids is 1. The Hall–Kier alpha value is -3.32. The van der Waals surface area contributed by atoms with Crippen LogP contribution < -0.4 is 14.4 Å². The standard InChI is InChI=1S/C25H28N2O4S/c1-3-4-18-26-25(28)23-12-8-9-13-24(23)27(19-20-10-6-5-7-11-20)32(29,30)22-16-14-21(31-2)15-17-22/h5-17H,3-4,18-19H2,1-2H3,(H,26,28). The number of amides is 1. The van der Waals surface area contributed by atoms with E-state index in [1.54, 1.807) is 36.4 Å². The van der Waals surface area contributed by atoms with Crippen LogP contribution >= 0.6 is 0 Å². The van der Waals surface area contributed by atoms with Gasteiger partial charge in [0.2, 0.25) is 0 Å². The number of unbranched alkanes of at least 4 members (excludes halogenated alkanes) is 1. The number of sulfonamides is 1. The Kier molecular flexibility index (Phi) is 7.89. The third kappa shape index (κ3) is 5.48. The average molecular weight is 453 g/mol. The van der Waals surface area contributed by atoms with Crippen molar-refractivity contribution in [1.29, 1.82) is 0 Å². The van der Waals surface area contributed by atoms with Crippen LogP contribution in [0.2, 0.25) is 0 Å². The zero-order chi connectivity index (χ0) is 23.0. The quantitative estimate of drug-likeness (QED) is 0.456. The number of hydrogen-bond donors (Lipinski definition) is 1. The van der Waals surface area contributed by atoms with E-state index in [1.807, 2.05) is 37.3 Å². The molecule has 0 spiro atoms. The highest BCUT2D eigenvalue weighted by Gasteiger charge is 2.28. The molecule has 0 unspecified atom stereocenters. The SMILES string of the molecule is CCCCNC(=O)c1ccccc1N(Cc1ccccc1)S(=O)(=O)c1ccc(OC)cc1. The van der Waals surface area contributed by atoms with Crippen LogP contribution in [0.15, 0.2) is 83.8 Å². The van der Waals surface area contributed by atoms with E-state index < -0.39 is 10.0 Å². The Morgan fingerprint density at radius 2 is 1.59 bits per heavy atom. The summed E-state index contributed by atoms with van der Waals surface area (Å²) in [6.45, 7) is 2.67. The molecule has 0 bridgehead atoms. The Morgan fingerprint density at radius 1 is 0.938 bits per heavy atom. The predicted molar refractivity (Wildman–Crippen MR) is 126 cm³/mol. The summed E-state index contributed by atoms with van der Waals surface area (Å²) in [5.74, 6) is 0.270. The Bertz CT molecular complexity index is 1130. The van der Waals surface area contributed by atoms with E-state index in [9.17, 15) is 13.2 Å². The van der Waals surface area contributed by atoms with Crippen LogP contribution in [-0.2, 0) is 16.6 Å². The number of anilines is 1. The summed E-state index contributed by atoms with van der Waals surface area (Å²) < 4.78 is 33.9. The number of para-hydroxylation sites is 1. The largest absolute Gasteiger partial charge is 0.497 e. The molecule has 3 rings (SSSR count). The van der Waals surface area contributed by atoms with Gasteiger partial charge < -0.3 is 10.1 Å². The van der Waals surface area contributed by atoms with Crippen LogP contribution in [0.1, 0.15) is 35.7 Å². The van der Waals surface area contributed by atoms with E-state index in [-0.39, 0.29) is 17.3 Å². The van der Waals surface area contributed by atoms with E-state index in [0.29, 0.717) is 23.5 Å². The fourth-order valence-electron chi connectivity index (χ4n) is 3.28. The molecule has 0 heterocycles. The van der Waals surface area contributed by atoms with Crippen molar-refractivity contribution >= 4 is 21.6 Å². The van der Waals surface area contributed by atoms with Crippen molar-refractivity contribution in [2.75, 3.05) is 18.0 Å². The Labute approximate surface area is 189 Å². The number of benzene rings is 3. The Balaban J connectivity index is 2.07. The minimum Gasteiger partial charge on any atom is -0.497 e. The van der Waals surface area contributed by atoms with E-state index in [2.05, 4.69) is 5.32 Å². The molecule has 6 nitrogen and oxygen atoms in total. The van der Waals surface area contributed by atoms with Crippen LogP contribution in [0.3, 0.4) is 0 Å². The summed E-state index contributed by atoms with van der Waals surface area (Å²) >= 11 is 0. The molecule has 0 aliphatic carbocycles. The second-order valence-electron chi connectivity index (χ2n) is 7.30. The molecule has 32 heavy (non-hydrogen) atoms. The van der Waals surface area contributed by atoms with Gasteiger partial charge in [-0.15, -0.1) is 0 Å². The van der Waals surface area contributed by atoms with Crippen molar-refractivity contribution < 1.29 is 17.9 Å². The van der Waals surface area contributed by atoms with Gasteiger partial charge in [0.25, 0.3) is 15.9 Å². The van der Waals surface area contributed by atoms with Gasteiger partial charge >= 0.3 is 0 Å². The lowest BCUT2D eigenvalue weighted by Gasteiger charge is -2.26. The monoisotopic (exact) mass is 452 g/mol. The van der Waals surface area contributed by atoms with Crippen LogP contribution in [0.4, 0.5) is 5.69 Å². The molecule has 0 aromatic heterocycles. The third-order valence-electron chi connectivity index (χ3n) is 5.05. The van der Waals surface area contributed by atoms with Gasteiger partial charge in [0, 0.05) is 6.54 Å². The number of rotatable bonds is 10. The zero-order valence-electron chi connectivity index (χ0n) is 18.3. The lowest BCUT2D eigenvalue weighted by molar-refractivity contribution is 0.0954. The smallest absolute Gasteiger partial charge is 0.264 e. The number of ether oxygens (including phenoxy) is 1. The van der Waals surface area contributed by atoms with E-state index >= 15 is 0 Å². The van der Waals surface area contributed by atoms with Crippen LogP contribution in [-0.4, -0.2) is 28.0 Å². The van der Waals surface area contributed by atoms with Crippen molar-refractivity contribution in [2.45, 2.75) is 31.2 Å². The molecule has 7 heteroatoms. The maximum Gasteiger partial charge on any atom is 0.264 e. The summed E-state index contributed by atoms with van der Waals surface area (Å²) in [5, 5.41) is 2.89. The molecule has 0 saturated carbocycles. The molecule has 0 atom stereocenters. The summed E-state index contributed by atoms with van der Waals surface area (Å²) in [5.41, 5.74) is 1.46. The maximum absolute atomic E-state index is 13.7. The molecule has 1 amide bonds. The molecule has 1 N–H and O–H groups in total. The molecule has 0 radical (unpaired) electrons.